The first kappa shape index (κ1) is 21.4. The van der Waals surface area contributed by atoms with E-state index >= 15 is 0 Å². The van der Waals surface area contributed by atoms with Gasteiger partial charge in [-0.15, -0.1) is 0 Å². The van der Waals surface area contributed by atoms with Crippen LogP contribution in [0.15, 0.2) is 53.5 Å². The highest BCUT2D eigenvalue weighted by Gasteiger charge is 2.12. The predicted octanol–water partition coefficient (Wildman–Crippen LogP) is 7.00. The minimum absolute atomic E-state index is 0.0979. The summed E-state index contributed by atoms with van der Waals surface area (Å²) in [4.78, 5) is 3.40. The molecule has 150 valence electrons. The summed E-state index contributed by atoms with van der Waals surface area (Å²) in [5.74, 6) is 1.54. The Labute approximate surface area is 177 Å². The molecule has 30 heavy (non-hydrogen) atoms. The Balaban J connectivity index is 1.94. The maximum Gasteiger partial charge on any atom is 0.151 e. The van der Waals surface area contributed by atoms with Crippen LogP contribution in [0.5, 0.6) is 0 Å². The Hall–Kier alpha value is -3.26. The second-order valence-electron chi connectivity index (χ2n) is 6.50. The number of nitrogens with zero attached hydrogens (tertiary/aromatic N) is 1. The molecule has 0 bridgehead atoms. The molecule has 0 saturated carbocycles. The quantitative estimate of drug-likeness (QED) is 0.190. The van der Waals surface area contributed by atoms with Crippen LogP contribution in [0.4, 0.5) is 23.2 Å². The van der Waals surface area contributed by atoms with E-state index in [1.165, 1.54) is 0 Å². The molecule has 0 aliphatic carbocycles. The summed E-state index contributed by atoms with van der Waals surface area (Å²) in [6.45, 7) is 2.06. The van der Waals surface area contributed by atoms with Crippen LogP contribution in [0, 0.1) is 35.1 Å². The van der Waals surface area contributed by atoms with E-state index in [1.807, 2.05) is 17.3 Å². The van der Waals surface area contributed by atoms with Crippen LogP contribution in [0.1, 0.15) is 30.0 Å². The van der Waals surface area contributed by atoms with Crippen molar-refractivity contribution in [2.75, 3.05) is 0 Å². The average Bonchev–Trinajstić information content (AvgIpc) is 2.72. The van der Waals surface area contributed by atoms with E-state index in [2.05, 4.69) is 36.0 Å². The summed E-state index contributed by atoms with van der Waals surface area (Å²) in [6.07, 6.45) is 1.89. The second kappa shape index (κ2) is 9.49. The van der Waals surface area contributed by atoms with Crippen LogP contribution in [-0.2, 0) is 6.42 Å². The number of isothiocyanates is 1. The highest BCUT2D eigenvalue weighted by Crippen LogP contribution is 2.26. The molecule has 0 fully saturated rings. The van der Waals surface area contributed by atoms with Crippen molar-refractivity contribution in [2.45, 2.75) is 19.8 Å². The Morgan fingerprint density at radius 2 is 1.40 bits per heavy atom. The van der Waals surface area contributed by atoms with Crippen molar-refractivity contribution in [3.63, 3.8) is 0 Å². The number of thiocarbonyl (C=S) groups is 1. The van der Waals surface area contributed by atoms with Crippen LogP contribution in [0.3, 0.4) is 0 Å². The topological polar surface area (TPSA) is 12.4 Å². The first-order chi connectivity index (χ1) is 14.4. The van der Waals surface area contributed by atoms with Gasteiger partial charge in [-0.1, -0.05) is 49.5 Å². The van der Waals surface area contributed by atoms with Crippen molar-refractivity contribution in [3.05, 3.63) is 88.5 Å². The second-order valence-corrected chi connectivity index (χ2v) is 6.68. The lowest BCUT2D eigenvalue weighted by atomic mass is 10.00. The smallest absolute Gasteiger partial charge is 0.151 e. The van der Waals surface area contributed by atoms with Crippen LogP contribution in [-0.4, -0.2) is 5.16 Å². The molecule has 0 N–H and O–H groups in total. The molecule has 1 nitrogen and oxygen atoms in total. The lowest BCUT2D eigenvalue weighted by Gasteiger charge is -2.07. The van der Waals surface area contributed by atoms with Gasteiger partial charge in [0.1, 0.15) is 23.1 Å². The molecule has 0 radical (unpaired) electrons. The van der Waals surface area contributed by atoms with Gasteiger partial charge in [0.15, 0.2) is 5.82 Å². The summed E-state index contributed by atoms with van der Waals surface area (Å²) < 4.78 is 57.0. The largest absolute Gasteiger partial charge is 0.206 e. The van der Waals surface area contributed by atoms with Gasteiger partial charge in [-0.25, -0.2) is 17.6 Å². The SMILES string of the molecule is CCCc1ccc(-c2cc(F)c(C#Cc3cc(F)c(N=C=S)cc3F)cc2F)cc1. The van der Waals surface area contributed by atoms with Gasteiger partial charge in [-0.05, 0) is 48.0 Å². The van der Waals surface area contributed by atoms with E-state index in [4.69, 9.17) is 0 Å². The molecule has 0 aromatic heterocycles. The van der Waals surface area contributed by atoms with E-state index in [0.717, 1.165) is 42.7 Å². The molecule has 3 aromatic carbocycles. The number of hydrogen-bond acceptors (Lipinski definition) is 2. The molecule has 0 atom stereocenters. The van der Waals surface area contributed by atoms with E-state index in [-0.39, 0.29) is 22.4 Å². The van der Waals surface area contributed by atoms with Crippen molar-refractivity contribution >= 4 is 23.1 Å². The average molecular weight is 425 g/mol. The monoisotopic (exact) mass is 425 g/mol. The fourth-order valence-corrected chi connectivity index (χ4v) is 3.00. The molecule has 0 aliphatic heterocycles. The lowest BCUT2D eigenvalue weighted by Crippen LogP contribution is -1.93. The zero-order valence-corrected chi connectivity index (χ0v) is 16.7. The Bertz CT molecular complexity index is 1200. The normalized spacial score (nSPS) is 10.2. The van der Waals surface area contributed by atoms with E-state index in [9.17, 15) is 17.6 Å². The number of rotatable bonds is 4. The minimum atomic E-state index is -0.863. The third-order valence-electron chi connectivity index (χ3n) is 4.39. The zero-order valence-electron chi connectivity index (χ0n) is 15.9. The number of benzene rings is 3. The number of aryl methyl sites for hydroxylation is 1. The summed E-state index contributed by atoms with van der Waals surface area (Å²) in [5, 5.41) is 1.95. The third-order valence-corrected chi connectivity index (χ3v) is 4.49. The van der Waals surface area contributed by atoms with Crippen molar-refractivity contribution in [1.82, 2.24) is 0 Å². The van der Waals surface area contributed by atoms with Crippen molar-refractivity contribution in [1.29, 1.82) is 0 Å². The van der Waals surface area contributed by atoms with Gasteiger partial charge in [0.05, 0.1) is 16.3 Å². The van der Waals surface area contributed by atoms with Crippen LogP contribution >= 0.6 is 12.2 Å². The zero-order chi connectivity index (χ0) is 21.7. The molecule has 0 spiro atoms. The molecule has 0 aliphatic rings. The van der Waals surface area contributed by atoms with E-state index < -0.39 is 23.3 Å². The van der Waals surface area contributed by atoms with Gasteiger partial charge >= 0.3 is 0 Å². The number of aliphatic imine (C=N–C) groups is 1. The van der Waals surface area contributed by atoms with Crippen LogP contribution < -0.4 is 0 Å². The highest BCUT2D eigenvalue weighted by molar-refractivity contribution is 7.78. The van der Waals surface area contributed by atoms with Crippen LogP contribution in [0.25, 0.3) is 11.1 Å². The van der Waals surface area contributed by atoms with Crippen molar-refractivity contribution < 1.29 is 17.6 Å². The summed E-state index contributed by atoms with van der Waals surface area (Å²) in [6, 6.07) is 10.8. The summed E-state index contributed by atoms with van der Waals surface area (Å²) in [7, 11) is 0. The standard InChI is InChI=1S/C24H15F4NS/c1-2-3-15-4-6-16(7-5-15)19-12-20(25)17(10-22(19)27)8-9-18-11-23(28)24(29-14-30)13-21(18)26/h4-7,10-13H,2-3H2,1H3. The Morgan fingerprint density at radius 3 is 2.00 bits per heavy atom. The maximum absolute atomic E-state index is 14.6. The molecule has 3 aromatic rings. The van der Waals surface area contributed by atoms with Gasteiger partial charge in [0, 0.05) is 11.6 Å². The van der Waals surface area contributed by atoms with Gasteiger partial charge in [0.2, 0.25) is 0 Å². The Morgan fingerprint density at radius 1 is 0.800 bits per heavy atom. The minimum Gasteiger partial charge on any atom is -0.206 e. The molecule has 6 heteroatoms. The van der Waals surface area contributed by atoms with Gasteiger partial charge in [-0.3, -0.25) is 0 Å². The molecule has 0 amide bonds. The molecular weight excluding hydrogens is 410 g/mol. The molecule has 0 heterocycles. The van der Waals surface area contributed by atoms with Crippen LogP contribution in [0.2, 0.25) is 0 Å². The summed E-state index contributed by atoms with van der Waals surface area (Å²) in [5.41, 5.74) is 0.848. The number of halogens is 4. The van der Waals surface area contributed by atoms with E-state index in [0.29, 0.717) is 5.56 Å². The highest BCUT2D eigenvalue weighted by atomic mass is 32.1. The number of hydrogen-bond donors (Lipinski definition) is 0. The van der Waals surface area contributed by atoms with Gasteiger partial charge in [-0.2, -0.15) is 4.99 Å². The van der Waals surface area contributed by atoms with Crippen molar-refractivity contribution in [2.24, 2.45) is 4.99 Å². The maximum atomic E-state index is 14.6. The molecule has 0 unspecified atom stereocenters. The fraction of sp³-hybridized carbons (Fsp3) is 0.125. The first-order valence-corrected chi connectivity index (χ1v) is 9.51. The van der Waals surface area contributed by atoms with Gasteiger partial charge in [0.25, 0.3) is 0 Å². The Kier molecular flexibility index (Phi) is 6.79. The van der Waals surface area contributed by atoms with Crippen molar-refractivity contribution in [3.8, 4) is 23.0 Å². The first-order valence-electron chi connectivity index (χ1n) is 9.10. The summed E-state index contributed by atoms with van der Waals surface area (Å²) >= 11 is 4.36. The fourth-order valence-electron chi connectivity index (χ4n) is 2.91. The molecule has 3 rings (SSSR count). The third kappa shape index (κ3) is 4.83. The molecule has 0 saturated heterocycles. The predicted molar refractivity (Wildman–Crippen MR) is 113 cm³/mol. The van der Waals surface area contributed by atoms with E-state index in [1.54, 1.807) is 12.1 Å². The molecular formula is C24H15F4NS. The lowest BCUT2D eigenvalue weighted by molar-refractivity contribution is 0.598. The van der Waals surface area contributed by atoms with Gasteiger partial charge < -0.3 is 0 Å².